The molecule has 1 amide bonds. The third-order valence-electron chi connectivity index (χ3n) is 5.68. The van der Waals surface area contributed by atoms with Gasteiger partial charge in [0.15, 0.2) is 0 Å². The van der Waals surface area contributed by atoms with Gasteiger partial charge in [0.05, 0.1) is 11.7 Å². The van der Waals surface area contributed by atoms with Crippen molar-refractivity contribution in [2.24, 2.45) is 5.92 Å². The van der Waals surface area contributed by atoms with Crippen LogP contribution in [0.2, 0.25) is 0 Å². The Balaban J connectivity index is 1.47. The lowest BCUT2D eigenvalue weighted by molar-refractivity contribution is -0.154. The number of nitrogens with zero attached hydrogens (tertiary/aromatic N) is 1. The van der Waals surface area contributed by atoms with E-state index in [1.807, 2.05) is 4.90 Å². The molecule has 0 bridgehead atoms. The van der Waals surface area contributed by atoms with E-state index >= 15 is 0 Å². The van der Waals surface area contributed by atoms with Crippen molar-refractivity contribution in [3.63, 3.8) is 0 Å². The summed E-state index contributed by atoms with van der Waals surface area (Å²) in [4.78, 5) is 14.5. The van der Waals surface area contributed by atoms with Crippen LogP contribution in [0.1, 0.15) is 64.2 Å². The fourth-order valence-corrected chi connectivity index (χ4v) is 4.28. The van der Waals surface area contributed by atoms with Crippen molar-refractivity contribution < 1.29 is 14.6 Å². The van der Waals surface area contributed by atoms with Crippen molar-refractivity contribution in [1.82, 2.24) is 4.90 Å². The van der Waals surface area contributed by atoms with E-state index < -0.39 is 0 Å². The lowest BCUT2D eigenvalue weighted by Crippen LogP contribution is -2.51. The summed E-state index contributed by atoms with van der Waals surface area (Å²) in [7, 11) is 0. The molecule has 4 heteroatoms. The molecule has 3 rings (SSSR count). The molecular weight excluding hydrogens is 266 g/mol. The van der Waals surface area contributed by atoms with Crippen molar-refractivity contribution in [1.29, 1.82) is 0 Å². The molecule has 2 aliphatic heterocycles. The highest BCUT2D eigenvalue weighted by atomic mass is 16.5. The van der Waals surface area contributed by atoms with Gasteiger partial charge in [0.2, 0.25) is 5.91 Å². The second-order valence-electron chi connectivity index (χ2n) is 7.27. The first-order valence-corrected chi connectivity index (χ1v) is 8.77. The molecule has 0 aromatic heterocycles. The molecule has 21 heavy (non-hydrogen) atoms. The maximum absolute atomic E-state index is 12.4. The Kier molecular flexibility index (Phi) is 4.85. The number of hydrogen-bond acceptors (Lipinski definition) is 3. The maximum Gasteiger partial charge on any atom is 0.222 e. The molecule has 2 heterocycles. The van der Waals surface area contributed by atoms with Crippen LogP contribution in [0, 0.1) is 5.92 Å². The number of aliphatic hydroxyl groups excluding tert-OH is 1. The average molecular weight is 295 g/mol. The molecule has 4 nitrogen and oxygen atoms in total. The second-order valence-corrected chi connectivity index (χ2v) is 7.27. The minimum absolute atomic E-state index is 0.153. The zero-order valence-electron chi connectivity index (χ0n) is 13.1. The van der Waals surface area contributed by atoms with E-state index in [0.717, 1.165) is 45.2 Å². The number of ether oxygens (including phenoxy) is 1. The number of aliphatic hydroxyl groups is 1. The van der Waals surface area contributed by atoms with E-state index in [2.05, 4.69) is 0 Å². The first-order valence-electron chi connectivity index (χ1n) is 8.77. The lowest BCUT2D eigenvalue weighted by atomic mass is 9.82. The third kappa shape index (κ3) is 3.78. The van der Waals surface area contributed by atoms with Gasteiger partial charge >= 0.3 is 0 Å². The third-order valence-corrected chi connectivity index (χ3v) is 5.68. The number of carbonyl (C=O) groups is 1. The molecule has 1 N–H and O–H groups in total. The molecule has 2 saturated heterocycles. The van der Waals surface area contributed by atoms with E-state index in [9.17, 15) is 9.90 Å². The highest BCUT2D eigenvalue weighted by Crippen LogP contribution is 2.35. The van der Waals surface area contributed by atoms with Crippen LogP contribution >= 0.6 is 0 Å². The number of piperidine rings is 1. The molecular formula is C17H29NO3. The molecule has 1 spiro atoms. The van der Waals surface area contributed by atoms with E-state index in [1.54, 1.807) is 0 Å². The van der Waals surface area contributed by atoms with Gasteiger partial charge in [-0.3, -0.25) is 4.79 Å². The van der Waals surface area contributed by atoms with Crippen LogP contribution < -0.4 is 0 Å². The summed E-state index contributed by atoms with van der Waals surface area (Å²) < 4.78 is 5.96. The van der Waals surface area contributed by atoms with Crippen LogP contribution in [0.15, 0.2) is 0 Å². The number of likely N-dealkylation sites (tertiary alicyclic amines) is 1. The van der Waals surface area contributed by atoms with Crippen LogP contribution in [-0.4, -0.2) is 47.3 Å². The minimum atomic E-state index is -0.219. The number of amides is 1. The van der Waals surface area contributed by atoms with E-state index in [-0.39, 0.29) is 11.7 Å². The topological polar surface area (TPSA) is 49.8 Å². The molecule has 1 atom stereocenters. The molecule has 3 fully saturated rings. The van der Waals surface area contributed by atoms with E-state index in [1.165, 1.54) is 32.1 Å². The summed E-state index contributed by atoms with van der Waals surface area (Å²) in [6.07, 6.45) is 10.2. The fraction of sp³-hybridized carbons (Fsp3) is 0.941. The zero-order valence-corrected chi connectivity index (χ0v) is 13.1. The molecule has 1 aliphatic carbocycles. The smallest absolute Gasteiger partial charge is 0.222 e. The second kappa shape index (κ2) is 6.66. The molecule has 1 saturated carbocycles. The molecule has 3 aliphatic rings. The number of hydrogen-bond donors (Lipinski definition) is 1. The summed E-state index contributed by atoms with van der Waals surface area (Å²) in [5.41, 5.74) is -0.153. The Bertz CT molecular complexity index is 357. The van der Waals surface area contributed by atoms with Gasteiger partial charge in [0, 0.05) is 32.5 Å². The van der Waals surface area contributed by atoms with Crippen LogP contribution in [0.5, 0.6) is 0 Å². The minimum Gasteiger partial charge on any atom is -0.393 e. The largest absolute Gasteiger partial charge is 0.393 e. The van der Waals surface area contributed by atoms with Gasteiger partial charge < -0.3 is 14.7 Å². The maximum atomic E-state index is 12.4. The molecule has 0 aromatic rings. The Labute approximate surface area is 127 Å². The molecule has 0 radical (unpaired) electrons. The summed E-state index contributed by atoms with van der Waals surface area (Å²) in [5.74, 6) is 0.961. The van der Waals surface area contributed by atoms with Gasteiger partial charge in [0.25, 0.3) is 0 Å². The quantitative estimate of drug-likeness (QED) is 0.851. The SMILES string of the molecule is O=C(CC1CCCCC1)N1CCC2(CC1)CC(O)CCO2. The van der Waals surface area contributed by atoms with Crippen molar-refractivity contribution in [2.45, 2.75) is 75.9 Å². The highest BCUT2D eigenvalue weighted by Gasteiger charge is 2.40. The summed E-state index contributed by atoms with van der Waals surface area (Å²) in [6, 6.07) is 0. The van der Waals surface area contributed by atoms with Crippen LogP contribution in [0.4, 0.5) is 0 Å². The Morgan fingerprint density at radius 2 is 1.86 bits per heavy atom. The van der Waals surface area contributed by atoms with Gasteiger partial charge in [0.1, 0.15) is 0 Å². The van der Waals surface area contributed by atoms with E-state index in [0.29, 0.717) is 18.4 Å². The van der Waals surface area contributed by atoms with Crippen LogP contribution in [0.3, 0.4) is 0 Å². The van der Waals surface area contributed by atoms with Gasteiger partial charge in [-0.05, 0) is 38.0 Å². The van der Waals surface area contributed by atoms with Gasteiger partial charge in [-0.2, -0.15) is 0 Å². The van der Waals surface area contributed by atoms with Gasteiger partial charge in [-0.1, -0.05) is 19.3 Å². The number of carbonyl (C=O) groups excluding carboxylic acids is 1. The van der Waals surface area contributed by atoms with E-state index in [4.69, 9.17) is 4.74 Å². The summed E-state index contributed by atoms with van der Waals surface area (Å²) in [5, 5.41) is 9.86. The normalized spacial score (nSPS) is 30.5. The van der Waals surface area contributed by atoms with Crippen molar-refractivity contribution in [3.05, 3.63) is 0 Å². The molecule has 0 aromatic carbocycles. The number of rotatable bonds is 2. The van der Waals surface area contributed by atoms with Crippen molar-refractivity contribution in [2.75, 3.05) is 19.7 Å². The first-order chi connectivity index (χ1) is 10.2. The monoisotopic (exact) mass is 295 g/mol. The lowest BCUT2D eigenvalue weighted by Gasteiger charge is -2.45. The predicted octanol–water partition coefficient (Wildman–Crippen LogP) is 2.49. The summed E-state index contributed by atoms with van der Waals surface area (Å²) in [6.45, 7) is 2.27. The molecule has 120 valence electrons. The Hall–Kier alpha value is -0.610. The fourth-order valence-electron chi connectivity index (χ4n) is 4.28. The van der Waals surface area contributed by atoms with Crippen molar-refractivity contribution in [3.8, 4) is 0 Å². The van der Waals surface area contributed by atoms with Crippen LogP contribution in [0.25, 0.3) is 0 Å². The zero-order chi connectivity index (χ0) is 14.7. The van der Waals surface area contributed by atoms with Crippen LogP contribution in [-0.2, 0) is 9.53 Å². The van der Waals surface area contributed by atoms with Crippen molar-refractivity contribution >= 4 is 5.91 Å². The predicted molar refractivity (Wildman–Crippen MR) is 80.9 cm³/mol. The Morgan fingerprint density at radius 3 is 2.52 bits per heavy atom. The average Bonchev–Trinajstić information content (AvgIpc) is 2.49. The standard InChI is InChI=1S/C17H29NO3/c19-15-6-11-21-17(13-15)7-9-18(10-8-17)16(20)12-14-4-2-1-3-5-14/h14-15,19H,1-13H2. The highest BCUT2D eigenvalue weighted by molar-refractivity contribution is 5.76. The molecule has 1 unspecified atom stereocenters. The van der Waals surface area contributed by atoms with Gasteiger partial charge in [-0.15, -0.1) is 0 Å². The van der Waals surface area contributed by atoms with Gasteiger partial charge in [-0.25, -0.2) is 0 Å². The summed E-state index contributed by atoms with van der Waals surface area (Å²) >= 11 is 0. The Morgan fingerprint density at radius 1 is 1.14 bits per heavy atom. The first kappa shape index (κ1) is 15.3.